The van der Waals surface area contributed by atoms with Gasteiger partial charge in [-0.25, -0.2) is 4.39 Å². The summed E-state index contributed by atoms with van der Waals surface area (Å²) in [6, 6.07) is -1.43. The number of nitrogens with two attached hydrogens (primary N) is 1. The summed E-state index contributed by atoms with van der Waals surface area (Å²) in [7, 11) is 0. The molecule has 0 rings (SSSR count). The van der Waals surface area contributed by atoms with Crippen LogP contribution in [0.4, 0.5) is 4.39 Å². The molecule has 0 amide bonds. The van der Waals surface area contributed by atoms with Crippen molar-refractivity contribution in [1.82, 2.24) is 0 Å². The topological polar surface area (TPSA) is 63.3 Å². The first-order chi connectivity index (χ1) is 3.85. The molecule has 0 aromatic heterocycles. The van der Waals surface area contributed by atoms with Gasteiger partial charge < -0.3 is 10.8 Å². The summed E-state index contributed by atoms with van der Waals surface area (Å²) in [5.74, 6) is -1.32. The molecule has 0 bridgehead atoms. The van der Waals surface area contributed by atoms with Gasteiger partial charge in [-0.3, -0.25) is 4.79 Å². The van der Waals surface area contributed by atoms with Crippen LogP contribution in [-0.2, 0) is 4.79 Å². The lowest BCUT2D eigenvalue weighted by Gasteiger charge is -2.17. The highest BCUT2D eigenvalue weighted by atomic mass is 35.5. The van der Waals surface area contributed by atoms with Crippen LogP contribution in [0.2, 0.25) is 0 Å². The van der Waals surface area contributed by atoms with Crippen LogP contribution in [0.5, 0.6) is 0 Å². The number of carboxylic acids is 1. The highest BCUT2D eigenvalue weighted by Crippen LogP contribution is 2.11. The zero-order valence-corrected chi connectivity index (χ0v) is 6.61. The van der Waals surface area contributed by atoms with Crippen LogP contribution in [0.25, 0.3) is 0 Å². The summed E-state index contributed by atoms with van der Waals surface area (Å²) in [4.78, 5) is 9.98. The number of alkyl halides is 1. The van der Waals surface area contributed by atoms with Gasteiger partial charge in [0.05, 0.1) is 0 Å². The van der Waals surface area contributed by atoms with Gasteiger partial charge in [0.15, 0.2) is 0 Å². The first-order valence-electron chi connectivity index (χ1n) is 2.53. The van der Waals surface area contributed by atoms with Crippen LogP contribution in [0, 0.1) is 0 Å². The monoisotopic (exact) mass is 171 g/mol. The molecule has 3 N–H and O–H groups in total. The number of rotatable bonds is 2. The van der Waals surface area contributed by atoms with Crippen molar-refractivity contribution in [2.24, 2.45) is 5.73 Å². The van der Waals surface area contributed by atoms with Crippen LogP contribution in [0.1, 0.15) is 13.8 Å². The number of halogens is 2. The molecule has 0 aliphatic heterocycles. The lowest BCUT2D eigenvalue weighted by atomic mass is 10.0. The molecular weight excluding hydrogens is 161 g/mol. The van der Waals surface area contributed by atoms with E-state index in [4.69, 9.17) is 10.8 Å². The molecule has 1 unspecified atom stereocenters. The van der Waals surface area contributed by atoms with Crippen LogP contribution in [0.3, 0.4) is 0 Å². The molecule has 3 nitrogen and oxygen atoms in total. The van der Waals surface area contributed by atoms with E-state index in [-0.39, 0.29) is 12.4 Å². The molecule has 1 atom stereocenters. The number of carbonyl (C=O) groups is 1. The Morgan fingerprint density at radius 2 is 2.00 bits per heavy atom. The minimum absolute atomic E-state index is 0. The molecule has 62 valence electrons. The van der Waals surface area contributed by atoms with Gasteiger partial charge in [-0.1, -0.05) is 0 Å². The first kappa shape index (κ1) is 12.3. The van der Waals surface area contributed by atoms with E-state index in [0.717, 1.165) is 13.8 Å². The van der Waals surface area contributed by atoms with Gasteiger partial charge in [0, 0.05) is 0 Å². The second-order valence-corrected chi connectivity index (χ2v) is 2.38. The van der Waals surface area contributed by atoms with Crippen LogP contribution in [-0.4, -0.2) is 22.8 Å². The van der Waals surface area contributed by atoms with Crippen molar-refractivity contribution in [2.75, 3.05) is 0 Å². The first-order valence-corrected chi connectivity index (χ1v) is 2.53. The Kier molecular flexibility index (Phi) is 4.60. The van der Waals surface area contributed by atoms with E-state index in [1.54, 1.807) is 0 Å². The molecule has 0 aromatic carbocycles. The average molecular weight is 172 g/mol. The predicted molar refractivity (Wildman–Crippen MR) is 38.0 cm³/mol. The summed E-state index contributed by atoms with van der Waals surface area (Å²) < 4.78 is 12.5. The summed E-state index contributed by atoms with van der Waals surface area (Å²) >= 11 is 0. The fourth-order valence-corrected chi connectivity index (χ4v) is 0.294. The van der Waals surface area contributed by atoms with E-state index in [2.05, 4.69) is 0 Å². The number of hydrogen-bond donors (Lipinski definition) is 2. The molecule has 0 saturated heterocycles. The Hall–Kier alpha value is -0.350. The smallest absolute Gasteiger partial charge is 0.323 e. The predicted octanol–water partition coefficient (Wildman–Crippen LogP) is 0.568. The van der Waals surface area contributed by atoms with Gasteiger partial charge in [-0.2, -0.15) is 0 Å². The fraction of sp³-hybridized carbons (Fsp3) is 0.800. The Bertz CT molecular complexity index is 123. The molecule has 5 heteroatoms. The number of carboxylic acid groups (broad SMARTS) is 1. The highest BCUT2D eigenvalue weighted by molar-refractivity contribution is 5.85. The normalized spacial score (nSPS) is 13.6. The van der Waals surface area contributed by atoms with Crippen LogP contribution in [0.15, 0.2) is 0 Å². The lowest BCUT2D eigenvalue weighted by Crippen LogP contribution is -2.45. The van der Waals surface area contributed by atoms with Gasteiger partial charge in [-0.15, -0.1) is 12.4 Å². The van der Waals surface area contributed by atoms with Gasteiger partial charge in [0.2, 0.25) is 0 Å². The minimum Gasteiger partial charge on any atom is -0.480 e. The summed E-state index contributed by atoms with van der Waals surface area (Å²) in [6.45, 7) is 2.26. The fourth-order valence-electron chi connectivity index (χ4n) is 0.294. The van der Waals surface area contributed by atoms with Gasteiger partial charge >= 0.3 is 5.97 Å². The minimum atomic E-state index is -1.84. The van der Waals surface area contributed by atoms with E-state index < -0.39 is 17.7 Å². The molecule has 0 saturated carbocycles. The zero-order valence-electron chi connectivity index (χ0n) is 5.80. The molecule has 10 heavy (non-hydrogen) atoms. The Labute approximate surface area is 64.8 Å². The molecule has 0 aromatic rings. The quantitative estimate of drug-likeness (QED) is 0.639. The zero-order chi connectivity index (χ0) is 7.65. The van der Waals surface area contributed by atoms with E-state index >= 15 is 0 Å². The van der Waals surface area contributed by atoms with Crippen molar-refractivity contribution in [1.29, 1.82) is 0 Å². The van der Waals surface area contributed by atoms with Gasteiger partial charge in [0.1, 0.15) is 11.7 Å². The maximum atomic E-state index is 12.5. The van der Waals surface area contributed by atoms with Crippen molar-refractivity contribution in [3.05, 3.63) is 0 Å². The van der Waals surface area contributed by atoms with Gasteiger partial charge in [0.25, 0.3) is 0 Å². The number of hydrogen-bond acceptors (Lipinski definition) is 2. The number of aliphatic carboxylic acids is 1. The second-order valence-electron chi connectivity index (χ2n) is 2.38. The molecule has 0 aliphatic rings. The third kappa shape index (κ3) is 3.63. The molecule has 0 radical (unpaired) electrons. The molecule has 0 aliphatic carbocycles. The second kappa shape index (κ2) is 3.73. The maximum absolute atomic E-state index is 12.5. The molecule has 0 fully saturated rings. The Morgan fingerprint density at radius 1 is 1.70 bits per heavy atom. The molecular formula is C5H11ClFNO2. The summed E-state index contributed by atoms with van der Waals surface area (Å²) in [5.41, 5.74) is 3.08. The van der Waals surface area contributed by atoms with E-state index in [1.165, 1.54) is 0 Å². The van der Waals surface area contributed by atoms with Gasteiger partial charge in [-0.05, 0) is 13.8 Å². The average Bonchev–Trinajstić information content (AvgIpc) is 1.62. The molecule has 0 heterocycles. The largest absolute Gasteiger partial charge is 0.480 e. The van der Waals surface area contributed by atoms with Crippen molar-refractivity contribution in [3.8, 4) is 0 Å². The Balaban J connectivity index is 0. The SMILES string of the molecule is CC(C)(F)C(N)C(=O)O.Cl. The molecule has 0 spiro atoms. The highest BCUT2D eigenvalue weighted by Gasteiger charge is 2.31. The summed E-state index contributed by atoms with van der Waals surface area (Å²) in [5, 5.41) is 8.15. The third-order valence-electron chi connectivity index (χ3n) is 1.01. The lowest BCUT2D eigenvalue weighted by molar-refractivity contribution is -0.141. The van der Waals surface area contributed by atoms with E-state index in [9.17, 15) is 9.18 Å². The maximum Gasteiger partial charge on any atom is 0.323 e. The standard InChI is InChI=1S/C5H10FNO2.ClH/c1-5(2,6)3(7)4(8)9;/h3H,7H2,1-2H3,(H,8,9);1H. The van der Waals surface area contributed by atoms with Crippen molar-refractivity contribution >= 4 is 18.4 Å². The summed E-state index contributed by atoms with van der Waals surface area (Å²) in [6.07, 6.45) is 0. The van der Waals surface area contributed by atoms with Crippen molar-refractivity contribution in [2.45, 2.75) is 25.6 Å². The van der Waals surface area contributed by atoms with Crippen LogP contribution >= 0.6 is 12.4 Å². The van der Waals surface area contributed by atoms with Crippen molar-refractivity contribution in [3.63, 3.8) is 0 Å². The van der Waals surface area contributed by atoms with E-state index in [1.807, 2.05) is 0 Å². The third-order valence-corrected chi connectivity index (χ3v) is 1.01. The van der Waals surface area contributed by atoms with E-state index in [0.29, 0.717) is 0 Å². The Morgan fingerprint density at radius 3 is 2.00 bits per heavy atom. The van der Waals surface area contributed by atoms with Crippen molar-refractivity contribution < 1.29 is 14.3 Å². The van der Waals surface area contributed by atoms with Crippen LogP contribution < -0.4 is 5.73 Å².